The molecular weight excluding hydrogens is 791 g/mol. The first kappa shape index (κ1) is 40.5. The molecule has 0 fully saturated rings. The normalized spacial score (nSPS) is 15.2. The number of aryl methyl sites for hydroxylation is 5. The van der Waals surface area contributed by atoms with Gasteiger partial charge in [-0.05, 0) is 117 Å². The van der Waals surface area contributed by atoms with E-state index in [1.807, 2.05) is 39.0 Å². The number of hydrogen-bond donors (Lipinski definition) is 3. The number of carbonyl (C=O) groups excluding carboxylic acids is 3. The van der Waals surface area contributed by atoms with Crippen LogP contribution in [0.4, 0.5) is 0 Å². The fourth-order valence-corrected chi connectivity index (χ4v) is 6.39. The number of nitrogens with one attached hydrogen (secondary N) is 3. The van der Waals surface area contributed by atoms with E-state index in [4.69, 9.17) is 41.1 Å². The SMILES string of the molecule is C#CCNC(=O)c1ccc2c(c1)CCC2NC(=O)c1ccnc(C)c1.Cc1cc(C(=O)NC2CCc3cc(-c4ncc(C)o4)ccc32)ccn1.[Cl][Fe]([Cl])[Cl]. The van der Waals surface area contributed by atoms with Crippen molar-refractivity contribution in [2.75, 3.05) is 6.54 Å². The second-order valence-corrected chi connectivity index (χ2v) is 18.1. The van der Waals surface area contributed by atoms with E-state index >= 15 is 0 Å². The van der Waals surface area contributed by atoms with Crippen molar-refractivity contribution in [3.8, 4) is 23.8 Å². The standard InChI is InChI=1S/2C20H19N3O2.3ClH.Fe/c1-12-9-15(7-8-21-12)19(24)23-18-6-4-14-10-16(3-5-17(14)18)20-22-11-13(2)25-20;1-3-9-22-19(24)15-4-6-17-14(12-15)5-7-18(17)23-20(25)16-8-10-21-13(2)11-16;;;;/h3,5,7-11,18H,4,6H2,1-2H3,(H,23,24);1,4,6,8,10-12,18H,5,7,9H2,2H3,(H,22,24)(H,23,25);3*1H;/q;;;;;+3/p-3. The Morgan fingerprint density at radius 2 is 1.28 bits per heavy atom. The van der Waals surface area contributed by atoms with E-state index in [0.29, 0.717) is 22.6 Å². The summed E-state index contributed by atoms with van der Waals surface area (Å²) in [6, 6.07) is 18.8. The van der Waals surface area contributed by atoms with Crippen molar-refractivity contribution in [1.29, 1.82) is 0 Å². The molecule has 0 saturated heterocycles. The molecule has 2 aliphatic carbocycles. The number of pyridine rings is 2. The molecule has 3 N–H and O–H groups in total. The molecule has 7 rings (SSSR count). The minimum absolute atomic E-state index is 0.0383. The first-order valence-electron chi connectivity index (χ1n) is 17.0. The van der Waals surface area contributed by atoms with Crippen LogP contribution in [0.5, 0.6) is 0 Å². The van der Waals surface area contributed by atoms with Gasteiger partial charge in [0.25, 0.3) is 17.7 Å². The maximum absolute atomic E-state index is 12.5. The van der Waals surface area contributed by atoms with Crippen LogP contribution in [0.2, 0.25) is 0 Å². The molecule has 5 aromatic rings. The van der Waals surface area contributed by atoms with Gasteiger partial charge in [-0.1, -0.05) is 18.1 Å². The number of hydrogen-bond acceptors (Lipinski definition) is 7. The number of nitrogens with zero attached hydrogens (tertiary/aromatic N) is 3. The monoisotopic (exact) mass is 827 g/mol. The molecule has 3 aromatic heterocycles. The molecule has 14 heteroatoms. The first-order valence-corrected chi connectivity index (χ1v) is 21.5. The van der Waals surface area contributed by atoms with Crippen LogP contribution in [-0.4, -0.2) is 39.2 Å². The van der Waals surface area contributed by atoms with Crippen molar-refractivity contribution in [3.63, 3.8) is 0 Å². The van der Waals surface area contributed by atoms with Crippen molar-refractivity contribution in [2.45, 2.75) is 58.5 Å². The molecule has 3 heterocycles. The molecule has 10 nitrogen and oxygen atoms in total. The van der Waals surface area contributed by atoms with Crippen molar-refractivity contribution in [2.24, 2.45) is 0 Å². The Balaban J connectivity index is 0.000000189. The van der Waals surface area contributed by atoms with Crippen LogP contribution in [0.15, 0.2) is 83.7 Å². The number of rotatable bonds is 7. The maximum atomic E-state index is 12.5. The van der Waals surface area contributed by atoms with Crippen LogP contribution >= 0.6 is 30.3 Å². The Morgan fingerprint density at radius 1 is 0.759 bits per heavy atom. The molecule has 0 aliphatic heterocycles. The number of terminal acetylenes is 1. The van der Waals surface area contributed by atoms with Crippen LogP contribution < -0.4 is 16.0 Å². The van der Waals surface area contributed by atoms with Gasteiger partial charge in [-0.15, -0.1) is 6.42 Å². The van der Waals surface area contributed by atoms with Gasteiger partial charge in [-0.2, -0.15) is 0 Å². The van der Waals surface area contributed by atoms with Crippen molar-refractivity contribution < 1.29 is 30.0 Å². The summed E-state index contributed by atoms with van der Waals surface area (Å²) in [5.41, 5.74) is 9.02. The topological polar surface area (TPSA) is 139 Å². The number of oxazole rings is 1. The molecule has 2 aromatic carbocycles. The summed E-state index contributed by atoms with van der Waals surface area (Å²) in [6.45, 7) is 5.83. The Morgan fingerprint density at radius 3 is 1.78 bits per heavy atom. The number of carbonyl (C=O) groups is 3. The van der Waals surface area contributed by atoms with Crippen LogP contribution in [0.3, 0.4) is 0 Å². The van der Waals surface area contributed by atoms with Gasteiger partial charge in [-0.25, -0.2) is 4.98 Å². The third-order valence-electron chi connectivity index (χ3n) is 8.85. The van der Waals surface area contributed by atoms with Gasteiger partial charge in [0.1, 0.15) is 5.76 Å². The summed E-state index contributed by atoms with van der Waals surface area (Å²) < 4.78 is 5.60. The number of amides is 3. The summed E-state index contributed by atoms with van der Waals surface area (Å²) in [6.07, 6.45) is 13.7. The predicted octanol–water partition coefficient (Wildman–Crippen LogP) is 8.01. The Labute approximate surface area is 331 Å². The van der Waals surface area contributed by atoms with Crippen LogP contribution in [0.1, 0.15) is 95.4 Å². The number of aromatic nitrogens is 3. The average Bonchev–Trinajstić information content (AvgIpc) is 3.88. The van der Waals surface area contributed by atoms with E-state index in [-0.39, 0.29) is 36.3 Å². The van der Waals surface area contributed by atoms with Crippen LogP contribution in [0.25, 0.3) is 11.5 Å². The molecule has 281 valence electrons. The molecule has 54 heavy (non-hydrogen) atoms. The number of benzene rings is 2. The van der Waals surface area contributed by atoms with E-state index in [1.165, 1.54) is 11.1 Å². The van der Waals surface area contributed by atoms with Gasteiger partial charge in [-0.3, -0.25) is 24.4 Å². The molecular formula is C40H38Cl3FeN6O4. The van der Waals surface area contributed by atoms with Crippen molar-refractivity contribution in [1.82, 2.24) is 30.9 Å². The molecule has 0 spiro atoms. The zero-order chi connectivity index (χ0) is 38.8. The van der Waals surface area contributed by atoms with E-state index in [0.717, 1.165) is 59.5 Å². The Bertz CT molecular complexity index is 2180. The van der Waals surface area contributed by atoms with Gasteiger partial charge < -0.3 is 20.4 Å². The second-order valence-electron chi connectivity index (χ2n) is 12.6. The summed E-state index contributed by atoms with van der Waals surface area (Å²) >= 11 is -1.33. The Kier molecular flexibility index (Phi) is 14.3. The third kappa shape index (κ3) is 10.9. The molecule has 0 saturated carbocycles. The quantitative estimate of drug-likeness (QED) is 0.112. The van der Waals surface area contributed by atoms with Crippen molar-refractivity contribution >= 4 is 48.0 Å². The average molecular weight is 829 g/mol. The van der Waals surface area contributed by atoms with Gasteiger partial charge in [0.05, 0.1) is 24.8 Å². The van der Waals surface area contributed by atoms with E-state index < -0.39 is 11.2 Å². The fourth-order valence-electron chi connectivity index (χ4n) is 6.39. The molecule has 0 radical (unpaired) electrons. The van der Waals surface area contributed by atoms with Crippen LogP contribution in [0, 0.1) is 33.1 Å². The van der Waals surface area contributed by atoms with Crippen LogP contribution in [-0.2, 0) is 24.0 Å². The van der Waals surface area contributed by atoms with Crippen molar-refractivity contribution in [3.05, 3.63) is 135 Å². The van der Waals surface area contributed by atoms with Gasteiger partial charge in [0.2, 0.25) is 5.89 Å². The Hall–Kier alpha value is -4.69. The molecule has 2 atom stereocenters. The summed E-state index contributed by atoms with van der Waals surface area (Å²) in [7, 11) is 14.7. The number of halogens is 3. The summed E-state index contributed by atoms with van der Waals surface area (Å²) in [5, 5.41) is 8.86. The van der Waals surface area contributed by atoms with E-state index in [1.54, 1.807) is 48.9 Å². The summed E-state index contributed by atoms with van der Waals surface area (Å²) in [4.78, 5) is 49.4. The first-order chi connectivity index (χ1) is 25.9. The fraction of sp³-hybridized carbons (Fsp3) is 0.250. The predicted molar refractivity (Wildman–Crippen MR) is 207 cm³/mol. The molecule has 3 amide bonds. The zero-order valence-corrected chi connectivity index (χ0v) is 33.1. The zero-order valence-electron chi connectivity index (χ0n) is 29.7. The number of fused-ring (bicyclic) bond motifs is 2. The van der Waals surface area contributed by atoms with Gasteiger partial charge in [0, 0.05) is 46.0 Å². The minimum atomic E-state index is -1.33. The summed E-state index contributed by atoms with van der Waals surface area (Å²) in [5.74, 6) is 3.47. The third-order valence-corrected chi connectivity index (χ3v) is 8.85. The van der Waals surface area contributed by atoms with Gasteiger partial charge in [0.15, 0.2) is 0 Å². The molecule has 2 unspecified atom stereocenters. The van der Waals surface area contributed by atoms with E-state index in [2.05, 4.69) is 49.0 Å². The van der Waals surface area contributed by atoms with E-state index in [9.17, 15) is 14.4 Å². The molecule has 0 bridgehead atoms. The molecule has 2 aliphatic rings. The second kappa shape index (κ2) is 19.1. The van der Waals surface area contributed by atoms with Gasteiger partial charge >= 0.3 is 41.5 Å².